The summed E-state index contributed by atoms with van der Waals surface area (Å²) in [5, 5.41) is 2.87. The standard InChI is InChI=1S/C23H19N5O2/c29-21(25-16-8-2-1-3-9-16)14-20-22(30)27(15-17-10-6-7-13-24-17)23-26-18-11-4-5-12-19(18)28(20)23/h1-13,20H,14-15H2,(H,25,29). The van der Waals surface area contributed by atoms with E-state index in [9.17, 15) is 9.59 Å². The number of hydrogen-bond acceptors (Lipinski definition) is 4. The van der Waals surface area contributed by atoms with Crippen LogP contribution in [0.5, 0.6) is 0 Å². The van der Waals surface area contributed by atoms with Crippen LogP contribution in [-0.2, 0) is 16.1 Å². The van der Waals surface area contributed by atoms with Gasteiger partial charge >= 0.3 is 0 Å². The molecule has 7 nitrogen and oxygen atoms in total. The lowest BCUT2D eigenvalue weighted by atomic mass is 10.1. The Morgan fingerprint density at radius 2 is 1.73 bits per heavy atom. The Morgan fingerprint density at radius 3 is 2.53 bits per heavy atom. The van der Waals surface area contributed by atoms with Gasteiger partial charge in [-0.25, -0.2) is 4.98 Å². The van der Waals surface area contributed by atoms with Gasteiger partial charge in [-0.1, -0.05) is 36.4 Å². The van der Waals surface area contributed by atoms with Crippen LogP contribution in [0.15, 0.2) is 79.0 Å². The number of para-hydroxylation sites is 3. The van der Waals surface area contributed by atoms with Gasteiger partial charge in [-0.2, -0.15) is 0 Å². The molecule has 1 aliphatic rings. The number of carbonyl (C=O) groups is 2. The lowest BCUT2D eigenvalue weighted by Gasteiger charge is -2.15. The number of nitrogens with zero attached hydrogens (tertiary/aromatic N) is 4. The van der Waals surface area contributed by atoms with E-state index >= 15 is 0 Å². The molecule has 4 aromatic rings. The van der Waals surface area contributed by atoms with Crippen LogP contribution in [-0.4, -0.2) is 26.3 Å². The normalized spacial score (nSPS) is 15.4. The minimum Gasteiger partial charge on any atom is -0.326 e. The second-order valence-corrected chi connectivity index (χ2v) is 7.15. The Morgan fingerprint density at radius 1 is 0.967 bits per heavy atom. The summed E-state index contributed by atoms with van der Waals surface area (Å²) in [6, 6.07) is 21.8. The number of rotatable bonds is 5. The van der Waals surface area contributed by atoms with E-state index in [0.717, 1.165) is 16.7 Å². The second kappa shape index (κ2) is 7.44. The Hall–Kier alpha value is -4.00. The van der Waals surface area contributed by atoms with Gasteiger partial charge in [0.25, 0.3) is 5.91 Å². The zero-order valence-electron chi connectivity index (χ0n) is 16.1. The monoisotopic (exact) mass is 397 g/mol. The third-order valence-electron chi connectivity index (χ3n) is 5.16. The summed E-state index contributed by atoms with van der Waals surface area (Å²) >= 11 is 0. The first-order valence-electron chi connectivity index (χ1n) is 9.74. The fourth-order valence-corrected chi connectivity index (χ4v) is 3.81. The van der Waals surface area contributed by atoms with E-state index in [2.05, 4.69) is 15.3 Å². The van der Waals surface area contributed by atoms with E-state index in [-0.39, 0.29) is 18.2 Å². The van der Waals surface area contributed by atoms with Crippen molar-refractivity contribution in [2.24, 2.45) is 0 Å². The highest BCUT2D eigenvalue weighted by Crippen LogP contribution is 2.37. The molecule has 1 unspecified atom stereocenters. The molecule has 2 aromatic heterocycles. The van der Waals surface area contributed by atoms with Gasteiger partial charge in [0.05, 0.1) is 29.7 Å². The van der Waals surface area contributed by atoms with Crippen molar-refractivity contribution in [1.82, 2.24) is 14.5 Å². The number of pyridine rings is 1. The summed E-state index contributed by atoms with van der Waals surface area (Å²) in [7, 11) is 0. The molecule has 0 saturated carbocycles. The van der Waals surface area contributed by atoms with E-state index in [1.807, 2.05) is 77.4 Å². The fraction of sp³-hybridized carbons (Fsp3) is 0.130. The Labute approximate surface area is 173 Å². The van der Waals surface area contributed by atoms with Crippen molar-refractivity contribution in [3.63, 3.8) is 0 Å². The SMILES string of the molecule is O=C(CC1C(=O)N(Cc2ccccn2)c2nc3ccccc3n21)Nc1ccccc1. The lowest BCUT2D eigenvalue weighted by molar-refractivity contribution is -0.124. The smallest absolute Gasteiger partial charge is 0.253 e. The van der Waals surface area contributed by atoms with Crippen LogP contribution in [0.25, 0.3) is 11.0 Å². The predicted octanol–water partition coefficient (Wildman–Crippen LogP) is 3.55. The number of nitrogens with one attached hydrogen (secondary N) is 1. The van der Waals surface area contributed by atoms with E-state index in [4.69, 9.17) is 0 Å². The fourth-order valence-electron chi connectivity index (χ4n) is 3.81. The third-order valence-corrected chi connectivity index (χ3v) is 5.16. The van der Waals surface area contributed by atoms with Gasteiger partial charge < -0.3 is 5.32 Å². The number of anilines is 2. The molecule has 0 bridgehead atoms. The molecule has 0 aliphatic carbocycles. The summed E-state index contributed by atoms with van der Waals surface area (Å²) < 4.78 is 1.87. The molecule has 0 spiro atoms. The first-order valence-corrected chi connectivity index (χ1v) is 9.74. The zero-order valence-corrected chi connectivity index (χ0v) is 16.1. The maximum atomic E-state index is 13.3. The number of fused-ring (bicyclic) bond motifs is 3. The molecule has 1 atom stereocenters. The average molecular weight is 397 g/mol. The van der Waals surface area contributed by atoms with Crippen molar-refractivity contribution >= 4 is 34.5 Å². The highest BCUT2D eigenvalue weighted by atomic mass is 16.2. The summed E-state index contributed by atoms with van der Waals surface area (Å²) in [5.41, 5.74) is 3.09. The van der Waals surface area contributed by atoms with Gasteiger partial charge in [-0.05, 0) is 36.4 Å². The van der Waals surface area contributed by atoms with Crippen LogP contribution in [0.4, 0.5) is 11.6 Å². The van der Waals surface area contributed by atoms with Crippen LogP contribution >= 0.6 is 0 Å². The minimum atomic E-state index is -0.653. The molecule has 1 N–H and O–H groups in total. The van der Waals surface area contributed by atoms with Gasteiger partial charge in [0.15, 0.2) is 0 Å². The maximum absolute atomic E-state index is 13.3. The van der Waals surface area contributed by atoms with Gasteiger partial charge in [0, 0.05) is 11.9 Å². The molecule has 2 amide bonds. The van der Waals surface area contributed by atoms with E-state index in [0.29, 0.717) is 18.2 Å². The summed E-state index contributed by atoms with van der Waals surface area (Å²) in [4.78, 5) is 36.7. The average Bonchev–Trinajstić information content (AvgIpc) is 3.26. The second-order valence-electron chi connectivity index (χ2n) is 7.15. The van der Waals surface area contributed by atoms with E-state index in [1.54, 1.807) is 11.1 Å². The van der Waals surface area contributed by atoms with Gasteiger partial charge in [-0.3, -0.25) is 24.0 Å². The first kappa shape index (κ1) is 18.1. The molecule has 7 heteroatoms. The van der Waals surface area contributed by atoms with Crippen molar-refractivity contribution in [3.8, 4) is 0 Å². The van der Waals surface area contributed by atoms with Crippen LogP contribution in [0.1, 0.15) is 18.2 Å². The number of imidazole rings is 1. The number of benzene rings is 2. The number of hydrogen-bond donors (Lipinski definition) is 1. The molecule has 2 aromatic carbocycles. The molecule has 0 fully saturated rings. The molecule has 3 heterocycles. The summed E-state index contributed by atoms with van der Waals surface area (Å²) in [6.45, 7) is 0.305. The summed E-state index contributed by atoms with van der Waals surface area (Å²) in [6.07, 6.45) is 1.73. The van der Waals surface area contributed by atoms with Crippen LogP contribution in [0, 0.1) is 0 Å². The molecular formula is C23H19N5O2. The molecular weight excluding hydrogens is 378 g/mol. The topological polar surface area (TPSA) is 80.1 Å². The van der Waals surface area contributed by atoms with Gasteiger partial charge in [0.1, 0.15) is 6.04 Å². The Bertz CT molecular complexity index is 1220. The van der Waals surface area contributed by atoms with E-state index < -0.39 is 6.04 Å². The van der Waals surface area contributed by atoms with Gasteiger partial charge in [0.2, 0.25) is 11.9 Å². The van der Waals surface area contributed by atoms with Crippen LogP contribution in [0.2, 0.25) is 0 Å². The predicted molar refractivity (Wildman–Crippen MR) is 114 cm³/mol. The molecule has 148 valence electrons. The van der Waals surface area contributed by atoms with Crippen molar-refractivity contribution in [3.05, 3.63) is 84.7 Å². The van der Waals surface area contributed by atoms with Crippen molar-refractivity contribution in [2.45, 2.75) is 19.0 Å². The maximum Gasteiger partial charge on any atom is 0.253 e. The quantitative estimate of drug-likeness (QED) is 0.559. The summed E-state index contributed by atoms with van der Waals surface area (Å²) in [5.74, 6) is 0.171. The van der Waals surface area contributed by atoms with E-state index in [1.165, 1.54) is 0 Å². The third kappa shape index (κ3) is 3.20. The van der Waals surface area contributed by atoms with Crippen LogP contribution in [0.3, 0.4) is 0 Å². The lowest BCUT2D eigenvalue weighted by Crippen LogP contribution is -2.31. The molecule has 0 saturated heterocycles. The Kier molecular flexibility index (Phi) is 4.48. The Balaban J connectivity index is 1.48. The van der Waals surface area contributed by atoms with Crippen LogP contribution < -0.4 is 10.2 Å². The number of aromatic nitrogens is 3. The first-order chi connectivity index (χ1) is 14.7. The number of carbonyl (C=O) groups excluding carboxylic acids is 2. The molecule has 0 radical (unpaired) electrons. The highest BCUT2D eigenvalue weighted by Gasteiger charge is 2.41. The zero-order chi connectivity index (χ0) is 20.5. The molecule has 30 heavy (non-hydrogen) atoms. The van der Waals surface area contributed by atoms with Gasteiger partial charge in [-0.15, -0.1) is 0 Å². The molecule has 1 aliphatic heterocycles. The van der Waals surface area contributed by atoms with Crippen molar-refractivity contribution in [2.75, 3.05) is 10.2 Å². The number of amides is 2. The molecule has 5 rings (SSSR count). The minimum absolute atomic E-state index is 0.0276. The largest absolute Gasteiger partial charge is 0.326 e. The van der Waals surface area contributed by atoms with Crippen molar-refractivity contribution in [1.29, 1.82) is 0 Å². The highest BCUT2D eigenvalue weighted by molar-refractivity contribution is 6.05. The van der Waals surface area contributed by atoms with Crippen molar-refractivity contribution < 1.29 is 9.59 Å².